The molecular weight excluding hydrogens is 417 g/mol. The van der Waals surface area contributed by atoms with E-state index in [-0.39, 0.29) is 5.78 Å². The number of hydrogen-bond donors (Lipinski definition) is 1. The SMILES string of the molecule is CCCCCCCCCCCCCCC/C=C\CCCCOP(=O)(O)C(CC)[N+](C)(C)C. The van der Waals surface area contributed by atoms with Crippen LogP contribution in [0.5, 0.6) is 0 Å². The Bertz CT molecular complexity index is 488. The third kappa shape index (κ3) is 18.3. The Morgan fingerprint density at radius 2 is 1.12 bits per heavy atom. The lowest BCUT2D eigenvalue weighted by Crippen LogP contribution is -2.44. The van der Waals surface area contributed by atoms with E-state index >= 15 is 0 Å². The molecule has 0 saturated heterocycles. The normalized spacial score (nSPS) is 15.3. The Kier molecular flexibility index (Phi) is 20.1. The summed E-state index contributed by atoms with van der Waals surface area (Å²) in [5.41, 5.74) is 0. The molecule has 0 saturated carbocycles. The van der Waals surface area contributed by atoms with Crippen LogP contribution in [-0.2, 0) is 9.09 Å². The Morgan fingerprint density at radius 3 is 1.53 bits per heavy atom. The minimum Gasteiger partial charge on any atom is -0.320 e. The topological polar surface area (TPSA) is 46.5 Å². The average Bonchev–Trinajstić information content (AvgIpc) is 2.71. The Balaban J connectivity index is 3.47. The van der Waals surface area contributed by atoms with Crippen molar-refractivity contribution in [3.63, 3.8) is 0 Å². The molecule has 0 radical (unpaired) electrons. The number of quaternary nitrogens is 1. The predicted molar refractivity (Wildman–Crippen MR) is 141 cm³/mol. The van der Waals surface area contributed by atoms with Crippen molar-refractivity contribution >= 4 is 7.60 Å². The third-order valence-corrected chi connectivity index (χ3v) is 8.68. The van der Waals surface area contributed by atoms with Crippen LogP contribution in [0.25, 0.3) is 0 Å². The number of allylic oxidation sites excluding steroid dienone is 2. The van der Waals surface area contributed by atoms with E-state index in [1.54, 1.807) is 0 Å². The van der Waals surface area contributed by atoms with Gasteiger partial charge in [-0.2, -0.15) is 0 Å². The highest BCUT2D eigenvalue weighted by Crippen LogP contribution is 2.51. The van der Waals surface area contributed by atoms with Crippen molar-refractivity contribution in [2.75, 3.05) is 27.7 Å². The van der Waals surface area contributed by atoms with Crippen LogP contribution in [0.4, 0.5) is 0 Å². The lowest BCUT2D eigenvalue weighted by Gasteiger charge is -2.35. The maximum atomic E-state index is 12.5. The van der Waals surface area contributed by atoms with E-state index in [0.29, 0.717) is 17.5 Å². The van der Waals surface area contributed by atoms with Crippen LogP contribution in [0, 0.1) is 0 Å². The van der Waals surface area contributed by atoms with Gasteiger partial charge in [0, 0.05) is 6.42 Å². The molecule has 2 unspecified atom stereocenters. The van der Waals surface area contributed by atoms with Gasteiger partial charge in [-0.15, -0.1) is 0 Å². The summed E-state index contributed by atoms with van der Waals surface area (Å²) in [6.07, 6.45) is 27.5. The summed E-state index contributed by atoms with van der Waals surface area (Å²) in [4.78, 5) is 10.3. The molecule has 0 aromatic heterocycles. The largest absolute Gasteiger partial charge is 0.385 e. The van der Waals surface area contributed by atoms with Crippen molar-refractivity contribution in [1.82, 2.24) is 0 Å². The van der Waals surface area contributed by atoms with E-state index in [1.807, 2.05) is 28.1 Å². The second-order valence-corrected chi connectivity index (χ2v) is 12.4. The number of hydrogen-bond acceptors (Lipinski definition) is 2. The van der Waals surface area contributed by atoms with Gasteiger partial charge < -0.3 is 13.9 Å². The first kappa shape index (κ1) is 31.9. The highest BCUT2D eigenvalue weighted by atomic mass is 31.2. The highest BCUT2D eigenvalue weighted by molar-refractivity contribution is 7.53. The summed E-state index contributed by atoms with van der Waals surface area (Å²) in [5.74, 6) is -0.359. The van der Waals surface area contributed by atoms with Crippen LogP contribution in [0.1, 0.15) is 129 Å². The molecule has 2 atom stereocenters. The van der Waals surface area contributed by atoms with E-state index in [4.69, 9.17) is 4.52 Å². The summed E-state index contributed by atoms with van der Waals surface area (Å²) < 4.78 is 18.4. The summed E-state index contributed by atoms with van der Waals surface area (Å²) in [7, 11) is 2.28. The van der Waals surface area contributed by atoms with E-state index in [0.717, 1.165) is 19.3 Å². The lowest BCUT2D eigenvalue weighted by molar-refractivity contribution is -0.883. The first-order chi connectivity index (χ1) is 15.3. The first-order valence-corrected chi connectivity index (χ1v) is 15.3. The molecule has 0 aliphatic rings. The second-order valence-electron chi connectivity index (χ2n) is 10.4. The van der Waals surface area contributed by atoms with E-state index < -0.39 is 7.60 Å². The molecule has 0 heterocycles. The highest BCUT2D eigenvalue weighted by Gasteiger charge is 2.41. The van der Waals surface area contributed by atoms with Gasteiger partial charge in [-0.05, 0) is 32.1 Å². The van der Waals surface area contributed by atoms with Gasteiger partial charge in [0.15, 0.2) is 5.78 Å². The van der Waals surface area contributed by atoms with Crippen LogP contribution in [0.15, 0.2) is 12.2 Å². The van der Waals surface area contributed by atoms with Crippen molar-refractivity contribution in [2.45, 2.75) is 135 Å². The molecule has 192 valence electrons. The van der Waals surface area contributed by atoms with Crippen molar-refractivity contribution in [1.29, 1.82) is 0 Å². The number of nitrogens with zero attached hydrogens (tertiary/aromatic N) is 1. The molecule has 0 spiro atoms. The molecule has 5 heteroatoms. The van der Waals surface area contributed by atoms with Gasteiger partial charge in [-0.3, -0.25) is 4.57 Å². The van der Waals surface area contributed by atoms with Gasteiger partial charge in [0.05, 0.1) is 27.7 Å². The maximum absolute atomic E-state index is 12.5. The van der Waals surface area contributed by atoms with Crippen LogP contribution in [0.2, 0.25) is 0 Å². The summed E-state index contributed by atoms with van der Waals surface area (Å²) >= 11 is 0. The Labute approximate surface area is 201 Å². The Hall–Kier alpha value is -0.150. The fraction of sp³-hybridized carbons (Fsp3) is 0.926. The molecule has 4 nitrogen and oxygen atoms in total. The summed E-state index contributed by atoms with van der Waals surface area (Å²) in [6.45, 7) is 4.60. The standard InChI is InChI=1S/C27H56NO3P/c1-6-8-9-10-11-12-13-14-15-16-17-18-19-20-21-22-23-24-25-26-31-32(29,30)27(7-2)28(3,4)5/h21-22,27H,6-20,23-26H2,1-5H3/p+1/b22-21-. The van der Waals surface area contributed by atoms with Crippen LogP contribution >= 0.6 is 7.60 Å². The van der Waals surface area contributed by atoms with Gasteiger partial charge in [0.1, 0.15) is 0 Å². The molecule has 0 aromatic carbocycles. The minimum absolute atomic E-state index is 0.359. The molecule has 0 aliphatic heterocycles. The zero-order chi connectivity index (χ0) is 24.1. The van der Waals surface area contributed by atoms with Gasteiger partial charge in [0.25, 0.3) is 0 Å². The van der Waals surface area contributed by atoms with Gasteiger partial charge in [0.2, 0.25) is 0 Å². The zero-order valence-electron chi connectivity index (χ0n) is 22.3. The van der Waals surface area contributed by atoms with Crippen molar-refractivity contribution in [3.05, 3.63) is 12.2 Å². The van der Waals surface area contributed by atoms with Gasteiger partial charge >= 0.3 is 7.60 Å². The number of rotatable bonds is 23. The molecule has 1 N–H and O–H groups in total. The second kappa shape index (κ2) is 20.2. The van der Waals surface area contributed by atoms with Crippen molar-refractivity contribution in [3.8, 4) is 0 Å². The third-order valence-electron chi connectivity index (χ3n) is 6.32. The van der Waals surface area contributed by atoms with E-state index in [1.165, 1.54) is 89.9 Å². The molecule has 0 aliphatic carbocycles. The first-order valence-electron chi connectivity index (χ1n) is 13.7. The van der Waals surface area contributed by atoms with Gasteiger partial charge in [-0.25, -0.2) is 0 Å². The van der Waals surface area contributed by atoms with E-state index in [9.17, 15) is 9.46 Å². The van der Waals surface area contributed by atoms with Crippen LogP contribution < -0.4 is 0 Å². The van der Waals surface area contributed by atoms with Crippen molar-refractivity contribution in [2.24, 2.45) is 0 Å². The maximum Gasteiger partial charge on any atom is 0.385 e. The van der Waals surface area contributed by atoms with Gasteiger partial charge in [-0.1, -0.05) is 103 Å². The van der Waals surface area contributed by atoms with Crippen molar-refractivity contribution < 1.29 is 18.5 Å². The molecule has 0 bridgehead atoms. The molecule has 0 fully saturated rings. The monoisotopic (exact) mass is 474 g/mol. The van der Waals surface area contributed by atoms with E-state index in [2.05, 4.69) is 19.1 Å². The fourth-order valence-electron chi connectivity index (χ4n) is 4.38. The smallest absolute Gasteiger partial charge is 0.320 e. The summed E-state index contributed by atoms with van der Waals surface area (Å²) in [6, 6.07) is 0. The van der Waals surface area contributed by atoms with Crippen LogP contribution in [0.3, 0.4) is 0 Å². The molecule has 0 rings (SSSR count). The molecule has 0 aromatic rings. The lowest BCUT2D eigenvalue weighted by atomic mass is 10.0. The number of unbranched alkanes of at least 4 members (excludes halogenated alkanes) is 15. The predicted octanol–water partition coefficient (Wildman–Crippen LogP) is 8.84. The fourth-order valence-corrected chi connectivity index (χ4v) is 6.28. The molecular formula is C27H57NO3P+. The van der Waals surface area contributed by atoms with Crippen LogP contribution in [-0.4, -0.2) is 42.9 Å². The quantitative estimate of drug-likeness (QED) is 0.0696. The molecule has 0 amide bonds. The minimum atomic E-state index is -3.56. The Morgan fingerprint density at radius 1 is 0.719 bits per heavy atom. The zero-order valence-corrected chi connectivity index (χ0v) is 23.2. The average molecular weight is 475 g/mol. The molecule has 32 heavy (non-hydrogen) atoms. The summed E-state index contributed by atoms with van der Waals surface area (Å²) in [5, 5.41) is 0.